The molecular formula is C17H27N3O2. The molecule has 2 heterocycles. The monoisotopic (exact) mass is 305 g/mol. The molecule has 0 radical (unpaired) electrons. The molecule has 1 aromatic heterocycles. The summed E-state index contributed by atoms with van der Waals surface area (Å²) < 4.78 is 5.56. The second kappa shape index (κ2) is 6.65. The highest BCUT2D eigenvalue weighted by molar-refractivity contribution is 5.88. The van der Waals surface area contributed by atoms with E-state index in [9.17, 15) is 4.79 Å². The number of carbonyl (C=O) groups is 1. The van der Waals surface area contributed by atoms with Crippen LogP contribution in [0.3, 0.4) is 0 Å². The third kappa shape index (κ3) is 3.97. The van der Waals surface area contributed by atoms with Crippen molar-refractivity contribution in [3.05, 3.63) is 23.9 Å². The Bertz CT molecular complexity index is 517. The number of pyridine rings is 1. The van der Waals surface area contributed by atoms with E-state index < -0.39 is 5.60 Å². The number of aromatic nitrogens is 1. The molecular weight excluding hydrogens is 278 g/mol. The fraction of sp³-hybridized carbons (Fsp3) is 0.647. The van der Waals surface area contributed by atoms with Crippen molar-refractivity contribution in [3.8, 4) is 0 Å². The summed E-state index contributed by atoms with van der Waals surface area (Å²) in [5.74, 6) is 0.700. The maximum atomic E-state index is 12.6. The standard InChI is InChI=1S/C17H27N3O2/c1-12(2)20(16(21)22-17(3,4)5)15-13(8-6-11-19-15)14-9-7-10-18-14/h6,8,11-12,14,18H,7,9-10H2,1-5H3. The van der Waals surface area contributed by atoms with Crippen LogP contribution in [-0.2, 0) is 4.74 Å². The Labute approximate surface area is 133 Å². The van der Waals surface area contributed by atoms with Gasteiger partial charge in [-0.05, 0) is 60.1 Å². The smallest absolute Gasteiger partial charge is 0.416 e. The minimum absolute atomic E-state index is 0.0232. The Morgan fingerprint density at radius 2 is 2.18 bits per heavy atom. The number of nitrogens with zero attached hydrogens (tertiary/aromatic N) is 2. The number of rotatable bonds is 3. The molecule has 5 heteroatoms. The van der Waals surface area contributed by atoms with Crippen molar-refractivity contribution in [3.63, 3.8) is 0 Å². The minimum Gasteiger partial charge on any atom is -0.443 e. The van der Waals surface area contributed by atoms with Crippen molar-refractivity contribution in [2.75, 3.05) is 11.4 Å². The predicted octanol–water partition coefficient (Wildman–Crippen LogP) is 3.66. The zero-order valence-electron chi connectivity index (χ0n) is 14.2. The number of hydrogen-bond acceptors (Lipinski definition) is 4. The average Bonchev–Trinajstić information content (AvgIpc) is 2.90. The molecule has 1 saturated heterocycles. The molecule has 0 bridgehead atoms. The van der Waals surface area contributed by atoms with Crippen molar-refractivity contribution in [1.82, 2.24) is 10.3 Å². The fourth-order valence-electron chi connectivity index (χ4n) is 2.69. The van der Waals surface area contributed by atoms with Gasteiger partial charge in [0.1, 0.15) is 11.4 Å². The van der Waals surface area contributed by atoms with Gasteiger partial charge >= 0.3 is 6.09 Å². The van der Waals surface area contributed by atoms with Gasteiger partial charge in [0.2, 0.25) is 0 Å². The Balaban J connectivity index is 2.34. The van der Waals surface area contributed by atoms with E-state index in [1.54, 1.807) is 11.1 Å². The van der Waals surface area contributed by atoms with Gasteiger partial charge in [-0.2, -0.15) is 0 Å². The van der Waals surface area contributed by atoms with Gasteiger partial charge < -0.3 is 10.1 Å². The highest BCUT2D eigenvalue weighted by Gasteiger charge is 2.30. The Hall–Kier alpha value is -1.62. The number of amides is 1. The summed E-state index contributed by atoms with van der Waals surface area (Å²) in [5.41, 5.74) is 0.546. The lowest BCUT2D eigenvalue weighted by Gasteiger charge is -2.31. The maximum absolute atomic E-state index is 12.6. The normalized spacial score (nSPS) is 18.5. The lowest BCUT2D eigenvalue weighted by molar-refractivity contribution is 0.0569. The Kier molecular flexibility index (Phi) is 5.06. The zero-order chi connectivity index (χ0) is 16.3. The molecule has 22 heavy (non-hydrogen) atoms. The largest absolute Gasteiger partial charge is 0.443 e. The van der Waals surface area contributed by atoms with Crippen molar-refractivity contribution >= 4 is 11.9 Å². The van der Waals surface area contributed by atoms with Gasteiger partial charge in [0.05, 0.1) is 0 Å². The van der Waals surface area contributed by atoms with Crippen LogP contribution in [0.5, 0.6) is 0 Å². The average molecular weight is 305 g/mol. The number of carbonyl (C=O) groups excluding carboxylic acids is 1. The molecule has 0 aliphatic carbocycles. The first kappa shape index (κ1) is 16.7. The highest BCUT2D eigenvalue weighted by Crippen LogP contribution is 2.31. The van der Waals surface area contributed by atoms with Crippen molar-refractivity contribution < 1.29 is 9.53 Å². The van der Waals surface area contributed by atoms with Crippen LogP contribution >= 0.6 is 0 Å². The molecule has 1 atom stereocenters. The first-order chi connectivity index (χ1) is 10.3. The lowest BCUT2D eigenvalue weighted by atomic mass is 10.1. The van der Waals surface area contributed by atoms with Crippen LogP contribution in [0.2, 0.25) is 0 Å². The molecule has 1 aliphatic rings. The SMILES string of the molecule is CC(C)N(C(=O)OC(C)(C)C)c1ncccc1C1CCCN1. The second-order valence-electron chi connectivity index (χ2n) is 7.01. The van der Waals surface area contributed by atoms with E-state index in [1.807, 2.05) is 46.8 Å². The summed E-state index contributed by atoms with van der Waals surface area (Å²) in [7, 11) is 0. The molecule has 1 aliphatic heterocycles. The summed E-state index contributed by atoms with van der Waals surface area (Å²) in [6.07, 6.45) is 3.60. The van der Waals surface area contributed by atoms with Crippen LogP contribution in [-0.4, -0.2) is 29.3 Å². The molecule has 0 spiro atoms. The van der Waals surface area contributed by atoms with Crippen molar-refractivity contribution in [1.29, 1.82) is 0 Å². The molecule has 1 fully saturated rings. The van der Waals surface area contributed by atoms with Gasteiger partial charge in [-0.25, -0.2) is 9.78 Å². The molecule has 122 valence electrons. The Morgan fingerprint density at radius 3 is 2.73 bits per heavy atom. The summed E-state index contributed by atoms with van der Waals surface area (Å²) in [5, 5.41) is 3.48. The molecule has 0 saturated carbocycles. The zero-order valence-corrected chi connectivity index (χ0v) is 14.2. The van der Waals surface area contributed by atoms with Crippen LogP contribution in [0.1, 0.15) is 59.1 Å². The second-order valence-corrected chi connectivity index (χ2v) is 7.01. The molecule has 2 rings (SSSR count). The number of hydrogen-bond donors (Lipinski definition) is 1. The maximum Gasteiger partial charge on any atom is 0.416 e. The van der Waals surface area contributed by atoms with E-state index in [-0.39, 0.29) is 18.2 Å². The lowest BCUT2D eigenvalue weighted by Crippen LogP contribution is -2.42. The van der Waals surface area contributed by atoms with Crippen molar-refractivity contribution in [2.45, 2.75) is 65.1 Å². The number of nitrogens with one attached hydrogen (secondary N) is 1. The first-order valence-corrected chi connectivity index (χ1v) is 8.00. The van der Waals surface area contributed by atoms with Crippen LogP contribution in [0, 0.1) is 0 Å². The number of ether oxygens (including phenoxy) is 1. The molecule has 1 unspecified atom stereocenters. The van der Waals surface area contributed by atoms with Crippen LogP contribution in [0.4, 0.5) is 10.6 Å². The summed E-state index contributed by atoms with van der Waals surface area (Å²) in [4.78, 5) is 18.7. The molecule has 5 nitrogen and oxygen atoms in total. The quantitative estimate of drug-likeness (QED) is 0.926. The van der Waals surface area contributed by atoms with Crippen LogP contribution in [0.25, 0.3) is 0 Å². The van der Waals surface area contributed by atoms with E-state index in [0.29, 0.717) is 5.82 Å². The molecule has 1 amide bonds. The molecule has 1 aromatic rings. The summed E-state index contributed by atoms with van der Waals surface area (Å²) in [6, 6.07) is 4.20. The summed E-state index contributed by atoms with van der Waals surface area (Å²) >= 11 is 0. The number of anilines is 1. The van der Waals surface area contributed by atoms with E-state index >= 15 is 0 Å². The van der Waals surface area contributed by atoms with E-state index in [0.717, 1.165) is 24.9 Å². The van der Waals surface area contributed by atoms with Crippen molar-refractivity contribution in [2.24, 2.45) is 0 Å². The van der Waals surface area contributed by atoms with E-state index in [2.05, 4.69) is 10.3 Å². The fourth-order valence-corrected chi connectivity index (χ4v) is 2.69. The summed E-state index contributed by atoms with van der Waals surface area (Å²) in [6.45, 7) is 10.6. The highest BCUT2D eigenvalue weighted by atomic mass is 16.6. The van der Waals surface area contributed by atoms with Crippen LogP contribution in [0.15, 0.2) is 18.3 Å². The predicted molar refractivity (Wildman–Crippen MR) is 88.1 cm³/mol. The van der Waals surface area contributed by atoms with Gasteiger partial charge in [-0.1, -0.05) is 6.07 Å². The van der Waals surface area contributed by atoms with Gasteiger partial charge in [-0.3, -0.25) is 4.90 Å². The van der Waals surface area contributed by atoms with Crippen LogP contribution < -0.4 is 10.2 Å². The van der Waals surface area contributed by atoms with E-state index in [1.165, 1.54) is 0 Å². The topological polar surface area (TPSA) is 54.5 Å². The van der Waals surface area contributed by atoms with Gasteiger partial charge in [0.15, 0.2) is 0 Å². The van der Waals surface area contributed by atoms with E-state index in [4.69, 9.17) is 4.74 Å². The minimum atomic E-state index is -0.523. The van der Waals surface area contributed by atoms with Gasteiger partial charge in [0.25, 0.3) is 0 Å². The van der Waals surface area contributed by atoms with Gasteiger partial charge in [-0.15, -0.1) is 0 Å². The molecule has 1 N–H and O–H groups in total. The third-order valence-electron chi connectivity index (χ3n) is 3.59. The third-order valence-corrected chi connectivity index (χ3v) is 3.59. The Morgan fingerprint density at radius 1 is 1.45 bits per heavy atom. The first-order valence-electron chi connectivity index (χ1n) is 8.00. The van der Waals surface area contributed by atoms with Gasteiger partial charge in [0, 0.05) is 23.8 Å². The molecule has 0 aromatic carbocycles.